The van der Waals surface area contributed by atoms with E-state index in [1.807, 2.05) is 62.2 Å². The van der Waals surface area contributed by atoms with Crippen LogP contribution in [-0.2, 0) is 54.7 Å². The summed E-state index contributed by atoms with van der Waals surface area (Å²) in [7, 11) is 2.25. The lowest BCUT2D eigenvalue weighted by Crippen LogP contribution is -2.81. The Balaban J connectivity index is 1.27. The number of H-pyrrole nitrogens is 1. The fraction of sp³-hybridized carbons (Fsp3) is 0.620. The number of carbonyl (C=O) groups is 3. The van der Waals surface area contributed by atoms with Crippen LogP contribution in [0.15, 0.2) is 48.6 Å². The van der Waals surface area contributed by atoms with Gasteiger partial charge in [0.1, 0.15) is 17.5 Å². The molecule has 2 saturated heterocycles. The predicted molar refractivity (Wildman–Crippen MR) is 254 cm³/mol. The van der Waals surface area contributed by atoms with Crippen molar-refractivity contribution in [2.75, 3.05) is 85.5 Å². The van der Waals surface area contributed by atoms with Gasteiger partial charge in [-0.15, -0.1) is 0 Å². The van der Waals surface area contributed by atoms with E-state index < -0.39 is 77.5 Å². The number of aromatic amines is 1. The third-order valence-corrected chi connectivity index (χ3v) is 18.5. The third-order valence-electron chi connectivity index (χ3n) is 16.6. The maximum atomic E-state index is 15.5. The van der Waals surface area contributed by atoms with E-state index in [1.54, 1.807) is 21.0 Å². The smallest absolute Gasteiger partial charge is 0.408 e. The Morgan fingerprint density at radius 3 is 2.34 bits per heavy atom. The Kier molecular flexibility index (Phi) is 12.7. The molecule has 3 aromatic rings. The lowest BCUT2D eigenvalue weighted by molar-refractivity contribution is -0.217. The van der Waals surface area contributed by atoms with Crippen molar-refractivity contribution >= 4 is 42.2 Å². The van der Waals surface area contributed by atoms with Gasteiger partial charge >= 0.3 is 25.6 Å². The summed E-state index contributed by atoms with van der Waals surface area (Å²) in [5.74, 6) is -1.21. The van der Waals surface area contributed by atoms with Gasteiger partial charge in [-0.1, -0.05) is 44.2 Å². The second-order valence-corrected chi connectivity index (χ2v) is 21.8. The number of hydrogen-bond donors (Lipinski definition) is 4. The summed E-state index contributed by atoms with van der Waals surface area (Å²) in [6.07, 6.45) is 3.68. The number of amides is 1. The van der Waals surface area contributed by atoms with Gasteiger partial charge in [0, 0.05) is 84.0 Å². The normalized spacial score (nSPS) is 33.9. The van der Waals surface area contributed by atoms with E-state index >= 15 is 4.79 Å². The van der Waals surface area contributed by atoms with E-state index in [-0.39, 0.29) is 25.6 Å². The molecule has 1 spiro atoms. The number of alkyl carbamates (subject to hydrolysis) is 1. The second kappa shape index (κ2) is 17.7. The van der Waals surface area contributed by atoms with E-state index in [9.17, 15) is 24.4 Å². The average molecular weight is 962 g/mol. The highest BCUT2D eigenvalue weighted by Gasteiger charge is 2.80. The molecule has 18 heteroatoms. The summed E-state index contributed by atoms with van der Waals surface area (Å²) in [5.41, 5.74) is -2.55. The number of methoxy groups -OCH3 is 3. The molecular weight excluding hydrogens is 894 g/mol. The Bertz CT molecular complexity index is 2540. The first-order chi connectivity index (χ1) is 32.5. The summed E-state index contributed by atoms with van der Waals surface area (Å²) in [6, 6.07) is 10.5. The molecule has 4 N–H and O–H groups in total. The number of rotatable bonds is 13. The minimum Gasteiger partial charge on any atom is -0.496 e. The van der Waals surface area contributed by atoms with Crippen LogP contribution in [0, 0.1) is 11.3 Å². The van der Waals surface area contributed by atoms with Crippen LogP contribution in [0.2, 0.25) is 0 Å². The molecule has 3 fully saturated rings. The first-order valence-electron chi connectivity index (χ1n) is 24.2. The van der Waals surface area contributed by atoms with E-state index in [0.29, 0.717) is 87.5 Å². The molecule has 1 aliphatic carbocycles. The van der Waals surface area contributed by atoms with Crippen LogP contribution in [0.3, 0.4) is 0 Å². The highest BCUT2D eigenvalue weighted by molar-refractivity contribution is 7.53. The van der Waals surface area contributed by atoms with Crippen LogP contribution < -0.4 is 15.0 Å². The number of hydrogen-bond acceptors (Lipinski definition) is 15. The fourth-order valence-electron chi connectivity index (χ4n) is 14.2. The summed E-state index contributed by atoms with van der Waals surface area (Å²) in [6.45, 7) is 10.5. The van der Waals surface area contributed by atoms with Crippen LogP contribution in [0.4, 0.5) is 10.5 Å². The highest BCUT2D eigenvalue weighted by atomic mass is 31.2. The van der Waals surface area contributed by atoms with Gasteiger partial charge in [0.15, 0.2) is 6.10 Å². The lowest BCUT2D eigenvalue weighted by Gasteiger charge is -2.63. The molecule has 1 unspecified atom stereocenters. The van der Waals surface area contributed by atoms with Gasteiger partial charge in [-0.2, -0.15) is 0 Å². The number of anilines is 1. The first kappa shape index (κ1) is 48.5. The van der Waals surface area contributed by atoms with Crippen molar-refractivity contribution in [1.82, 2.24) is 20.1 Å². The quantitative estimate of drug-likeness (QED) is 0.0736. The minimum atomic E-state index is -3.76. The number of nitrogens with one attached hydrogen (secondary N) is 2. The number of aliphatic hydroxyl groups is 2. The second-order valence-electron chi connectivity index (χ2n) is 19.8. The topological polar surface area (TPSA) is 202 Å². The van der Waals surface area contributed by atoms with Crippen molar-refractivity contribution in [3.63, 3.8) is 0 Å². The van der Waals surface area contributed by atoms with Gasteiger partial charge in [-0.3, -0.25) is 19.2 Å². The number of carbonyl (C=O) groups excluding carboxylic acids is 3. The summed E-state index contributed by atoms with van der Waals surface area (Å²) >= 11 is 0. The van der Waals surface area contributed by atoms with E-state index in [0.717, 1.165) is 22.0 Å². The Hall–Kier alpha value is -4.48. The molecule has 68 heavy (non-hydrogen) atoms. The SMILES string of the molecule is CCOP(=O)(CNC(=O)O[C@@H]1[C@]2(CC)C=CCN3CC[C@@]4(c5cc([C@@]6(C(=O)OC)C[C@H]7CN(CCc8c6[nH]c6ccccc86)C[C@](O)(CC)C7)c(OC)cc5N(C)[C@H]4[C@@]1(O)C(=O)OC)[C@@H]32)OCC. The number of fused-ring (bicyclic) bond motifs is 6. The molecular formula is C50H68N5O12P. The van der Waals surface area contributed by atoms with Crippen LogP contribution in [0.1, 0.15) is 82.2 Å². The zero-order chi connectivity index (χ0) is 48.6. The zero-order valence-corrected chi connectivity index (χ0v) is 41.5. The number of aromatic nitrogens is 1. The van der Waals surface area contributed by atoms with Gasteiger partial charge < -0.3 is 53.4 Å². The van der Waals surface area contributed by atoms with Gasteiger partial charge in [-0.05, 0) is 88.1 Å². The highest BCUT2D eigenvalue weighted by Crippen LogP contribution is 2.68. The number of ether oxygens (including phenoxy) is 4. The molecule has 6 heterocycles. The molecule has 6 aliphatic rings. The number of benzene rings is 2. The van der Waals surface area contributed by atoms with Gasteiger partial charge in [0.2, 0.25) is 5.60 Å². The fourth-order valence-corrected chi connectivity index (χ4v) is 15.5. The standard InChI is InChI=1S/C50H68N5O12P/c1-9-46(59)26-31-27-49(43(56)63-7,39-33(18-22-54(28-31)29-46)32-16-13-14-17-36(32)52-39)35-24-34-37(25-38(35)62-6)53(5)41-48(34)20-23-55-21-15-19-47(10-2,40(48)55)42(50(41,60)44(57)64-8)67-45(58)51-30-68(61,65-11-3)66-12-4/h13-17,19,24-25,31,40-42,52,59-60H,9-12,18,20-23,26-30H2,1-8H3,(H,51,58)/t31-,40-,41+,42+,46-,47+,48+,49-,50-/m0/s1. The van der Waals surface area contributed by atoms with Crippen LogP contribution in [-0.4, -0.2) is 153 Å². The minimum absolute atomic E-state index is 0.0776. The molecule has 1 aromatic heterocycles. The maximum Gasteiger partial charge on any atom is 0.408 e. The zero-order valence-electron chi connectivity index (χ0n) is 40.6. The number of piperidine rings is 1. The number of likely N-dealkylation sites (N-methyl/N-ethyl adjacent to an activating group) is 1. The van der Waals surface area contributed by atoms with Gasteiger partial charge in [-0.25, -0.2) is 9.59 Å². The van der Waals surface area contributed by atoms with Crippen molar-refractivity contribution < 1.29 is 57.2 Å². The van der Waals surface area contributed by atoms with E-state index in [2.05, 4.69) is 32.2 Å². The molecule has 370 valence electrons. The van der Waals surface area contributed by atoms with Crippen molar-refractivity contribution in [2.45, 2.75) is 106 Å². The lowest BCUT2D eigenvalue weighted by atomic mass is 9.47. The largest absolute Gasteiger partial charge is 0.496 e. The van der Waals surface area contributed by atoms with Crippen LogP contribution >= 0.6 is 7.60 Å². The van der Waals surface area contributed by atoms with Gasteiger partial charge in [0.05, 0.1) is 46.2 Å². The maximum absolute atomic E-state index is 15.5. The average Bonchev–Trinajstić information content (AvgIpc) is 4.00. The summed E-state index contributed by atoms with van der Waals surface area (Å²) in [4.78, 5) is 54.7. The van der Waals surface area contributed by atoms with Crippen molar-refractivity contribution in [3.05, 3.63) is 70.9 Å². The summed E-state index contributed by atoms with van der Waals surface area (Å²) in [5, 5.41) is 29.3. The summed E-state index contributed by atoms with van der Waals surface area (Å²) < 4.78 is 48.6. The predicted octanol–water partition coefficient (Wildman–Crippen LogP) is 5.38. The third kappa shape index (κ3) is 6.99. The van der Waals surface area contributed by atoms with Crippen molar-refractivity contribution in [3.8, 4) is 5.75 Å². The number of nitrogens with zero attached hydrogens (tertiary/aromatic N) is 3. The Labute approximate surface area is 398 Å². The molecule has 9 rings (SSSR count). The molecule has 2 aromatic carbocycles. The van der Waals surface area contributed by atoms with E-state index in [4.69, 9.17) is 28.0 Å². The van der Waals surface area contributed by atoms with Gasteiger partial charge in [0.25, 0.3) is 0 Å². The van der Waals surface area contributed by atoms with Crippen LogP contribution in [0.5, 0.6) is 5.75 Å². The molecule has 1 saturated carbocycles. The molecule has 2 bridgehead atoms. The monoisotopic (exact) mass is 961 g/mol. The van der Waals surface area contributed by atoms with Crippen LogP contribution in [0.25, 0.3) is 10.9 Å². The van der Waals surface area contributed by atoms with Crippen molar-refractivity contribution in [2.24, 2.45) is 11.3 Å². The molecule has 5 aliphatic heterocycles. The molecule has 17 nitrogen and oxygen atoms in total. The molecule has 1 amide bonds. The number of esters is 2. The molecule has 10 atom stereocenters. The Morgan fingerprint density at radius 2 is 1.66 bits per heavy atom. The number of para-hydroxylation sites is 1. The molecule has 0 radical (unpaired) electrons. The Morgan fingerprint density at radius 1 is 0.926 bits per heavy atom. The van der Waals surface area contributed by atoms with E-state index in [1.165, 1.54) is 14.2 Å². The first-order valence-corrected chi connectivity index (χ1v) is 25.9. The van der Waals surface area contributed by atoms with Crippen molar-refractivity contribution in [1.29, 1.82) is 0 Å².